The van der Waals surface area contributed by atoms with E-state index in [1.807, 2.05) is 0 Å². The van der Waals surface area contributed by atoms with Crippen LogP contribution in [0.1, 0.15) is 20.3 Å². The van der Waals surface area contributed by atoms with Crippen molar-refractivity contribution < 1.29 is 13.9 Å². The zero-order valence-corrected chi connectivity index (χ0v) is 10.7. The molecule has 2 N–H and O–H groups in total. The van der Waals surface area contributed by atoms with Gasteiger partial charge in [0.2, 0.25) is 0 Å². The van der Waals surface area contributed by atoms with Gasteiger partial charge in [0.1, 0.15) is 5.82 Å². The number of rotatable bonds is 5. The number of amides is 1. The van der Waals surface area contributed by atoms with Crippen LogP contribution in [0.15, 0.2) is 24.3 Å². The number of hydrogen-bond acceptors (Lipinski definition) is 3. The second-order valence-electron chi connectivity index (χ2n) is 4.21. The Bertz CT molecular complexity index is 396. The van der Waals surface area contributed by atoms with Crippen LogP contribution in [0, 0.1) is 5.82 Å². The van der Waals surface area contributed by atoms with Crippen molar-refractivity contribution in [2.75, 3.05) is 18.0 Å². The predicted molar refractivity (Wildman–Crippen MR) is 69.0 cm³/mol. The quantitative estimate of drug-likeness (QED) is 0.878. The number of anilines is 1. The topological polar surface area (TPSA) is 55.6 Å². The van der Waals surface area contributed by atoms with Gasteiger partial charge in [-0.2, -0.15) is 0 Å². The number of hydrogen-bond donors (Lipinski definition) is 1. The minimum atomic E-state index is -0.482. The minimum Gasteiger partial charge on any atom is -0.446 e. The zero-order chi connectivity index (χ0) is 13.5. The lowest BCUT2D eigenvalue weighted by Gasteiger charge is -2.23. The molecule has 0 radical (unpaired) electrons. The molecule has 1 aromatic rings. The highest BCUT2D eigenvalue weighted by atomic mass is 19.1. The van der Waals surface area contributed by atoms with Crippen LogP contribution in [0.3, 0.4) is 0 Å². The van der Waals surface area contributed by atoms with Gasteiger partial charge in [-0.1, -0.05) is 6.07 Å². The first-order valence-electron chi connectivity index (χ1n) is 5.98. The molecule has 4 nitrogen and oxygen atoms in total. The highest BCUT2D eigenvalue weighted by Gasteiger charge is 2.18. The van der Waals surface area contributed by atoms with Crippen LogP contribution in [0.2, 0.25) is 0 Å². The van der Waals surface area contributed by atoms with Crippen LogP contribution in [-0.2, 0) is 4.74 Å². The van der Waals surface area contributed by atoms with Gasteiger partial charge in [0, 0.05) is 12.2 Å². The number of halogens is 1. The van der Waals surface area contributed by atoms with Crippen molar-refractivity contribution in [1.29, 1.82) is 0 Å². The normalized spacial score (nSPS) is 10.5. The third-order valence-electron chi connectivity index (χ3n) is 2.26. The second kappa shape index (κ2) is 6.96. The molecule has 1 amide bonds. The Kier molecular flexibility index (Phi) is 5.58. The molecule has 0 heterocycles. The molecule has 1 aromatic carbocycles. The van der Waals surface area contributed by atoms with Crippen molar-refractivity contribution >= 4 is 11.8 Å². The molecule has 0 aliphatic heterocycles. The van der Waals surface area contributed by atoms with E-state index in [0.717, 1.165) is 0 Å². The summed E-state index contributed by atoms with van der Waals surface area (Å²) in [6, 6.07) is 5.86. The smallest absolute Gasteiger partial charge is 0.414 e. The highest BCUT2D eigenvalue weighted by molar-refractivity contribution is 5.87. The van der Waals surface area contributed by atoms with Crippen LogP contribution in [-0.4, -0.2) is 25.3 Å². The maximum absolute atomic E-state index is 13.2. The molecule has 0 saturated carbocycles. The molecule has 0 fully saturated rings. The summed E-state index contributed by atoms with van der Waals surface area (Å²) < 4.78 is 18.3. The summed E-state index contributed by atoms with van der Waals surface area (Å²) in [6.07, 6.45) is -0.0699. The van der Waals surface area contributed by atoms with E-state index in [2.05, 4.69) is 0 Å². The van der Waals surface area contributed by atoms with Gasteiger partial charge in [-0.05, 0) is 45.0 Å². The third kappa shape index (κ3) is 4.33. The Morgan fingerprint density at radius 2 is 2.22 bits per heavy atom. The van der Waals surface area contributed by atoms with E-state index in [1.165, 1.54) is 17.0 Å². The molecule has 0 bridgehead atoms. The Labute approximate surface area is 107 Å². The second-order valence-corrected chi connectivity index (χ2v) is 4.21. The predicted octanol–water partition coefficient (Wildman–Crippen LogP) is 2.53. The van der Waals surface area contributed by atoms with Gasteiger partial charge in [0.15, 0.2) is 0 Å². The first-order chi connectivity index (χ1) is 8.54. The summed E-state index contributed by atoms with van der Waals surface area (Å²) in [6.45, 7) is 4.40. The Morgan fingerprint density at radius 3 is 2.78 bits per heavy atom. The molecule has 0 unspecified atom stereocenters. The molecule has 100 valence electrons. The monoisotopic (exact) mass is 254 g/mol. The van der Waals surface area contributed by atoms with Gasteiger partial charge < -0.3 is 10.5 Å². The molecule has 0 spiro atoms. The van der Waals surface area contributed by atoms with Crippen molar-refractivity contribution in [2.45, 2.75) is 26.4 Å². The number of ether oxygens (including phenoxy) is 1. The summed E-state index contributed by atoms with van der Waals surface area (Å²) in [5, 5.41) is 0. The lowest BCUT2D eigenvalue weighted by Crippen LogP contribution is -2.35. The maximum Gasteiger partial charge on any atom is 0.414 e. The van der Waals surface area contributed by atoms with Crippen LogP contribution >= 0.6 is 0 Å². The van der Waals surface area contributed by atoms with Crippen LogP contribution < -0.4 is 10.6 Å². The molecule has 0 saturated heterocycles. The van der Waals surface area contributed by atoms with Crippen molar-refractivity contribution in [3.8, 4) is 0 Å². The Balaban J connectivity index is 2.86. The molecule has 1 rings (SSSR count). The van der Waals surface area contributed by atoms with E-state index >= 15 is 0 Å². The fourth-order valence-corrected chi connectivity index (χ4v) is 1.48. The van der Waals surface area contributed by atoms with E-state index in [4.69, 9.17) is 10.5 Å². The van der Waals surface area contributed by atoms with Crippen LogP contribution in [0.25, 0.3) is 0 Å². The molecule has 0 aliphatic rings. The van der Waals surface area contributed by atoms with Crippen LogP contribution in [0.5, 0.6) is 0 Å². The average Bonchev–Trinajstić information content (AvgIpc) is 2.28. The standard InChI is InChI=1S/C13H19FN2O2/c1-10(2)18-13(17)16(8-4-7-15)12-6-3-5-11(14)9-12/h3,5-6,9-10H,4,7-8,15H2,1-2H3. The molecular weight excluding hydrogens is 235 g/mol. The van der Waals surface area contributed by atoms with Crippen molar-refractivity contribution in [2.24, 2.45) is 5.73 Å². The summed E-state index contributed by atoms with van der Waals surface area (Å²) in [4.78, 5) is 13.3. The summed E-state index contributed by atoms with van der Waals surface area (Å²) in [5.74, 6) is -0.386. The lowest BCUT2D eigenvalue weighted by molar-refractivity contribution is 0.122. The SMILES string of the molecule is CC(C)OC(=O)N(CCCN)c1cccc(F)c1. The number of nitrogens with two attached hydrogens (primary N) is 1. The zero-order valence-electron chi connectivity index (χ0n) is 10.7. The van der Waals surface area contributed by atoms with Gasteiger partial charge in [0.05, 0.1) is 6.10 Å². The van der Waals surface area contributed by atoms with E-state index in [-0.39, 0.29) is 11.9 Å². The van der Waals surface area contributed by atoms with E-state index in [1.54, 1.807) is 26.0 Å². The number of carbonyl (C=O) groups excluding carboxylic acids is 1. The fraction of sp³-hybridized carbons (Fsp3) is 0.462. The van der Waals surface area contributed by atoms with E-state index in [0.29, 0.717) is 25.2 Å². The van der Waals surface area contributed by atoms with Gasteiger partial charge in [0.25, 0.3) is 0 Å². The molecule has 0 atom stereocenters. The molecule has 0 aliphatic carbocycles. The minimum absolute atomic E-state index is 0.216. The van der Waals surface area contributed by atoms with Crippen molar-refractivity contribution in [1.82, 2.24) is 0 Å². The van der Waals surface area contributed by atoms with Gasteiger partial charge in [-0.3, -0.25) is 4.90 Å². The first kappa shape index (κ1) is 14.4. The lowest BCUT2D eigenvalue weighted by atomic mass is 10.2. The average molecular weight is 254 g/mol. The van der Waals surface area contributed by atoms with Gasteiger partial charge in [-0.25, -0.2) is 9.18 Å². The molecule has 18 heavy (non-hydrogen) atoms. The third-order valence-corrected chi connectivity index (χ3v) is 2.26. The van der Waals surface area contributed by atoms with Crippen molar-refractivity contribution in [3.05, 3.63) is 30.1 Å². The fourth-order valence-electron chi connectivity index (χ4n) is 1.48. The molecular formula is C13H19FN2O2. The van der Waals surface area contributed by atoms with E-state index in [9.17, 15) is 9.18 Å². The largest absolute Gasteiger partial charge is 0.446 e. The van der Waals surface area contributed by atoms with Crippen molar-refractivity contribution in [3.63, 3.8) is 0 Å². The summed E-state index contributed by atoms with van der Waals surface area (Å²) in [7, 11) is 0. The molecule has 5 heteroatoms. The first-order valence-corrected chi connectivity index (χ1v) is 5.98. The molecule has 0 aromatic heterocycles. The van der Waals surface area contributed by atoms with E-state index < -0.39 is 6.09 Å². The summed E-state index contributed by atoms with van der Waals surface area (Å²) >= 11 is 0. The maximum atomic E-state index is 13.2. The Hall–Kier alpha value is -1.62. The number of benzene rings is 1. The number of carbonyl (C=O) groups is 1. The van der Waals surface area contributed by atoms with Gasteiger partial charge >= 0.3 is 6.09 Å². The highest BCUT2D eigenvalue weighted by Crippen LogP contribution is 2.17. The van der Waals surface area contributed by atoms with Crippen LogP contribution in [0.4, 0.5) is 14.9 Å². The summed E-state index contributed by atoms with van der Waals surface area (Å²) in [5.41, 5.74) is 5.91. The van der Waals surface area contributed by atoms with Gasteiger partial charge in [-0.15, -0.1) is 0 Å². The number of nitrogens with zero attached hydrogens (tertiary/aromatic N) is 1. The Morgan fingerprint density at radius 1 is 1.50 bits per heavy atom.